The topological polar surface area (TPSA) is 87.7 Å². The number of halogens is 2. The number of thiocarbonyl (C=S) groups is 1. The van der Waals surface area contributed by atoms with Crippen LogP contribution in [0.3, 0.4) is 0 Å². The fraction of sp³-hybridized carbons (Fsp3) is 0.0625. The molecular weight excluding hydrogens is 387 g/mol. The number of anilines is 1. The standard InChI is InChI=1S/C16H12Cl2N2O4S/c1-24-13-11(17)6-9(7-12(13)18)14(21)20-16(25)19-10-4-2-3-8(5-10)15(22)23/h2-7H,1H3,(H,22,23)(H2,19,20,21,25). The predicted molar refractivity (Wildman–Crippen MR) is 100 cm³/mol. The van der Waals surface area contributed by atoms with Gasteiger partial charge in [0.15, 0.2) is 10.9 Å². The van der Waals surface area contributed by atoms with Gasteiger partial charge in [0.2, 0.25) is 0 Å². The highest BCUT2D eigenvalue weighted by Gasteiger charge is 2.14. The lowest BCUT2D eigenvalue weighted by atomic mass is 10.2. The van der Waals surface area contributed by atoms with Gasteiger partial charge < -0.3 is 15.2 Å². The minimum absolute atomic E-state index is 0.00407. The van der Waals surface area contributed by atoms with E-state index < -0.39 is 11.9 Å². The van der Waals surface area contributed by atoms with Crippen LogP contribution in [0.15, 0.2) is 36.4 Å². The Labute approximate surface area is 158 Å². The predicted octanol–water partition coefficient (Wildman–Crippen LogP) is 3.83. The monoisotopic (exact) mass is 398 g/mol. The van der Waals surface area contributed by atoms with Gasteiger partial charge in [-0.05, 0) is 42.5 Å². The van der Waals surface area contributed by atoms with Gasteiger partial charge in [0.25, 0.3) is 5.91 Å². The molecular formula is C16H12Cl2N2O4S. The van der Waals surface area contributed by atoms with Crippen molar-refractivity contribution in [3.63, 3.8) is 0 Å². The molecule has 0 fully saturated rings. The Hall–Kier alpha value is -2.35. The van der Waals surface area contributed by atoms with E-state index in [-0.39, 0.29) is 32.0 Å². The number of benzene rings is 2. The largest absolute Gasteiger partial charge is 0.494 e. The summed E-state index contributed by atoms with van der Waals surface area (Å²) in [6, 6.07) is 8.80. The Balaban J connectivity index is 2.09. The van der Waals surface area contributed by atoms with Crippen LogP contribution >= 0.6 is 35.4 Å². The van der Waals surface area contributed by atoms with E-state index in [4.69, 9.17) is 45.3 Å². The number of nitrogens with one attached hydrogen (secondary N) is 2. The van der Waals surface area contributed by atoms with Crippen molar-refractivity contribution in [1.82, 2.24) is 5.32 Å². The maximum atomic E-state index is 12.2. The summed E-state index contributed by atoms with van der Waals surface area (Å²) in [5.41, 5.74) is 0.711. The number of hydrogen-bond donors (Lipinski definition) is 3. The van der Waals surface area contributed by atoms with Crippen molar-refractivity contribution in [3.8, 4) is 5.75 Å². The molecule has 0 aliphatic heterocycles. The molecule has 6 nitrogen and oxygen atoms in total. The zero-order valence-electron chi connectivity index (χ0n) is 12.8. The summed E-state index contributed by atoms with van der Waals surface area (Å²) in [4.78, 5) is 23.2. The molecule has 130 valence electrons. The van der Waals surface area contributed by atoms with Gasteiger partial charge in [-0.3, -0.25) is 10.1 Å². The smallest absolute Gasteiger partial charge is 0.335 e. The first kappa shape index (κ1) is 19.0. The summed E-state index contributed by atoms with van der Waals surface area (Å²) < 4.78 is 5.02. The van der Waals surface area contributed by atoms with Gasteiger partial charge in [0.05, 0.1) is 22.7 Å². The van der Waals surface area contributed by atoms with Gasteiger partial charge in [-0.2, -0.15) is 0 Å². The average molecular weight is 399 g/mol. The van der Waals surface area contributed by atoms with Crippen molar-refractivity contribution in [2.24, 2.45) is 0 Å². The van der Waals surface area contributed by atoms with Crippen molar-refractivity contribution in [3.05, 3.63) is 57.6 Å². The molecule has 0 saturated heterocycles. The Morgan fingerprint density at radius 1 is 1.12 bits per heavy atom. The molecule has 0 radical (unpaired) electrons. The van der Waals surface area contributed by atoms with Crippen LogP contribution < -0.4 is 15.4 Å². The fourth-order valence-electron chi connectivity index (χ4n) is 1.95. The van der Waals surface area contributed by atoms with Crippen LogP contribution in [0.5, 0.6) is 5.75 Å². The SMILES string of the molecule is COc1c(Cl)cc(C(=O)NC(=S)Nc2cccc(C(=O)O)c2)cc1Cl. The van der Waals surface area contributed by atoms with Crippen molar-refractivity contribution < 1.29 is 19.4 Å². The molecule has 9 heteroatoms. The Kier molecular flexibility index (Phi) is 6.19. The Bertz CT molecular complexity index is 835. The number of methoxy groups -OCH3 is 1. The van der Waals surface area contributed by atoms with E-state index in [1.807, 2.05) is 0 Å². The molecule has 3 N–H and O–H groups in total. The van der Waals surface area contributed by atoms with Crippen molar-refractivity contribution in [1.29, 1.82) is 0 Å². The summed E-state index contributed by atoms with van der Waals surface area (Å²) in [7, 11) is 1.41. The second-order valence-electron chi connectivity index (χ2n) is 4.77. The first-order valence-electron chi connectivity index (χ1n) is 6.80. The van der Waals surface area contributed by atoms with Crippen LogP contribution in [0.25, 0.3) is 0 Å². The van der Waals surface area contributed by atoms with Gasteiger partial charge in [-0.15, -0.1) is 0 Å². The maximum Gasteiger partial charge on any atom is 0.335 e. The molecule has 0 aromatic heterocycles. The van der Waals surface area contributed by atoms with Crippen LogP contribution in [0.4, 0.5) is 5.69 Å². The van der Waals surface area contributed by atoms with Crippen LogP contribution in [-0.4, -0.2) is 29.2 Å². The Morgan fingerprint density at radius 2 is 1.76 bits per heavy atom. The molecule has 2 aromatic rings. The maximum absolute atomic E-state index is 12.2. The van der Waals surface area contributed by atoms with Crippen LogP contribution in [0.2, 0.25) is 10.0 Å². The molecule has 0 saturated carbocycles. The van der Waals surface area contributed by atoms with E-state index in [2.05, 4.69) is 10.6 Å². The molecule has 2 aromatic carbocycles. The van der Waals surface area contributed by atoms with Gasteiger partial charge in [0, 0.05) is 11.3 Å². The highest BCUT2D eigenvalue weighted by Crippen LogP contribution is 2.33. The van der Waals surface area contributed by atoms with Crippen molar-refractivity contribution >= 4 is 58.1 Å². The van der Waals surface area contributed by atoms with E-state index in [9.17, 15) is 9.59 Å². The lowest BCUT2D eigenvalue weighted by molar-refractivity contribution is 0.0696. The molecule has 2 rings (SSSR count). The summed E-state index contributed by atoms with van der Waals surface area (Å²) in [5, 5.41) is 14.5. The number of aromatic carboxylic acids is 1. The summed E-state index contributed by atoms with van der Waals surface area (Å²) in [6.45, 7) is 0. The molecule has 0 aliphatic carbocycles. The average Bonchev–Trinajstić information content (AvgIpc) is 2.54. The molecule has 0 spiro atoms. The van der Waals surface area contributed by atoms with Gasteiger partial charge in [-0.1, -0.05) is 29.3 Å². The fourth-order valence-corrected chi connectivity index (χ4v) is 2.81. The summed E-state index contributed by atoms with van der Waals surface area (Å²) >= 11 is 17.1. The minimum Gasteiger partial charge on any atom is -0.494 e. The van der Waals surface area contributed by atoms with Crippen molar-refractivity contribution in [2.45, 2.75) is 0 Å². The zero-order chi connectivity index (χ0) is 18.6. The highest BCUT2D eigenvalue weighted by atomic mass is 35.5. The quantitative estimate of drug-likeness (QED) is 0.678. The number of carbonyl (C=O) groups excluding carboxylic acids is 1. The normalized spacial score (nSPS) is 10.0. The van der Waals surface area contributed by atoms with Gasteiger partial charge in [0.1, 0.15) is 0 Å². The molecule has 0 heterocycles. The number of amides is 1. The second-order valence-corrected chi connectivity index (χ2v) is 5.99. The Morgan fingerprint density at radius 3 is 2.32 bits per heavy atom. The van der Waals surface area contributed by atoms with Crippen LogP contribution in [-0.2, 0) is 0 Å². The third-order valence-electron chi connectivity index (χ3n) is 3.06. The van der Waals surface area contributed by atoms with Gasteiger partial charge >= 0.3 is 5.97 Å². The summed E-state index contributed by atoms with van der Waals surface area (Å²) in [5.74, 6) is -1.33. The lowest BCUT2D eigenvalue weighted by Crippen LogP contribution is -2.34. The highest BCUT2D eigenvalue weighted by molar-refractivity contribution is 7.80. The second kappa shape index (κ2) is 8.15. The number of hydrogen-bond acceptors (Lipinski definition) is 4. The molecule has 0 atom stereocenters. The number of ether oxygens (including phenoxy) is 1. The first-order valence-corrected chi connectivity index (χ1v) is 7.97. The molecule has 0 bridgehead atoms. The van der Waals surface area contributed by atoms with Gasteiger partial charge in [-0.25, -0.2) is 4.79 Å². The van der Waals surface area contributed by atoms with E-state index >= 15 is 0 Å². The molecule has 0 aliphatic rings. The number of carboxylic acids is 1. The van der Waals surface area contributed by atoms with E-state index in [1.54, 1.807) is 12.1 Å². The first-order chi connectivity index (χ1) is 11.8. The van der Waals surface area contributed by atoms with E-state index in [0.29, 0.717) is 5.69 Å². The zero-order valence-corrected chi connectivity index (χ0v) is 15.1. The minimum atomic E-state index is -1.07. The number of carboxylic acid groups (broad SMARTS) is 1. The van der Waals surface area contributed by atoms with Crippen LogP contribution in [0, 0.1) is 0 Å². The molecule has 25 heavy (non-hydrogen) atoms. The summed E-state index contributed by atoms with van der Waals surface area (Å²) in [6.07, 6.45) is 0. The van der Waals surface area contributed by atoms with Crippen molar-refractivity contribution in [2.75, 3.05) is 12.4 Å². The number of rotatable bonds is 4. The molecule has 1 amide bonds. The van der Waals surface area contributed by atoms with E-state index in [1.165, 1.54) is 31.4 Å². The molecule has 0 unspecified atom stereocenters. The third-order valence-corrected chi connectivity index (χ3v) is 3.82. The van der Waals surface area contributed by atoms with Crippen LogP contribution in [0.1, 0.15) is 20.7 Å². The lowest BCUT2D eigenvalue weighted by Gasteiger charge is -2.11. The van der Waals surface area contributed by atoms with E-state index in [0.717, 1.165) is 0 Å². The third kappa shape index (κ3) is 4.82. The number of carbonyl (C=O) groups is 2.